The number of phenolic OH excluding ortho intramolecular Hbond substituents is 1. The number of anilines is 1. The van der Waals surface area contributed by atoms with Crippen LogP contribution in [0.4, 0.5) is 11.4 Å². The van der Waals surface area contributed by atoms with Crippen LogP contribution in [0, 0.1) is 10.1 Å². The Labute approximate surface area is 164 Å². The Kier molecular flexibility index (Phi) is 6.37. The van der Waals surface area contributed by atoms with Gasteiger partial charge < -0.3 is 19.9 Å². The van der Waals surface area contributed by atoms with Gasteiger partial charge in [-0.2, -0.15) is 0 Å². The van der Waals surface area contributed by atoms with Gasteiger partial charge in [0.15, 0.2) is 10.9 Å². The average Bonchev–Trinajstić information content (AvgIpc) is 2.64. The van der Waals surface area contributed by atoms with Crippen LogP contribution < -0.4 is 20.1 Å². The largest absolute Gasteiger partial charge is 0.504 e. The molecule has 0 aromatic heterocycles. The number of carbonyl (C=O) groups is 1. The minimum absolute atomic E-state index is 0.122. The van der Waals surface area contributed by atoms with E-state index in [2.05, 4.69) is 10.6 Å². The third kappa shape index (κ3) is 4.96. The lowest BCUT2D eigenvalue weighted by molar-refractivity contribution is -0.384. The number of halogens is 1. The summed E-state index contributed by atoms with van der Waals surface area (Å²) in [5.41, 5.74) is -0.272. The molecule has 0 radical (unpaired) electrons. The highest BCUT2D eigenvalue weighted by atomic mass is 35.5. The monoisotopic (exact) mass is 411 g/mol. The van der Waals surface area contributed by atoms with E-state index >= 15 is 0 Å². The molecule has 2 aromatic rings. The number of aromatic hydroxyl groups is 1. The van der Waals surface area contributed by atoms with Crippen molar-refractivity contribution in [3.63, 3.8) is 0 Å². The molecule has 0 unspecified atom stereocenters. The van der Waals surface area contributed by atoms with Crippen LogP contribution in [0.5, 0.6) is 17.2 Å². The van der Waals surface area contributed by atoms with Crippen LogP contribution in [0.2, 0.25) is 5.02 Å². The summed E-state index contributed by atoms with van der Waals surface area (Å²) in [7, 11) is 2.88. The second kappa shape index (κ2) is 8.52. The molecule has 0 bridgehead atoms. The summed E-state index contributed by atoms with van der Waals surface area (Å²) in [4.78, 5) is 22.6. The Morgan fingerprint density at radius 3 is 2.30 bits per heavy atom. The number of nitro benzene ring substituents is 1. The van der Waals surface area contributed by atoms with E-state index < -0.39 is 16.6 Å². The summed E-state index contributed by atoms with van der Waals surface area (Å²) in [5, 5.41) is 25.3. The normalized spacial score (nSPS) is 10.0. The molecule has 0 aliphatic carbocycles. The van der Waals surface area contributed by atoms with Crippen LogP contribution in [0.3, 0.4) is 0 Å². The zero-order valence-electron chi connectivity index (χ0n) is 14.1. The number of hydrogen-bond acceptors (Lipinski definition) is 7. The van der Waals surface area contributed by atoms with Gasteiger partial charge in [-0.05, 0) is 24.4 Å². The van der Waals surface area contributed by atoms with Crippen molar-refractivity contribution >= 4 is 46.2 Å². The van der Waals surface area contributed by atoms with E-state index in [9.17, 15) is 20.0 Å². The van der Waals surface area contributed by atoms with Crippen molar-refractivity contribution in [1.82, 2.24) is 5.32 Å². The van der Waals surface area contributed by atoms with Crippen molar-refractivity contribution in [3.8, 4) is 17.2 Å². The van der Waals surface area contributed by atoms with Gasteiger partial charge in [0.25, 0.3) is 11.6 Å². The highest BCUT2D eigenvalue weighted by Crippen LogP contribution is 2.36. The molecule has 0 saturated carbocycles. The minimum atomic E-state index is -0.680. The van der Waals surface area contributed by atoms with Crippen molar-refractivity contribution in [1.29, 1.82) is 0 Å². The molecule has 0 aliphatic rings. The number of benzene rings is 2. The highest BCUT2D eigenvalue weighted by Gasteiger charge is 2.17. The molecular formula is C16H14ClN3O6S. The molecule has 2 rings (SSSR count). The van der Waals surface area contributed by atoms with Gasteiger partial charge in [0.2, 0.25) is 0 Å². The molecule has 0 atom stereocenters. The van der Waals surface area contributed by atoms with Crippen molar-refractivity contribution in [2.75, 3.05) is 19.5 Å². The fourth-order valence-corrected chi connectivity index (χ4v) is 2.47. The summed E-state index contributed by atoms with van der Waals surface area (Å²) in [6, 6.07) is 6.57. The summed E-state index contributed by atoms with van der Waals surface area (Å²) in [5.74, 6) is -0.217. The SMILES string of the molecule is COc1cc(OC)cc(C(=O)NC(=S)Nc2cc([N+](=O)[O-])cc(Cl)c2O)c1. The predicted molar refractivity (Wildman–Crippen MR) is 103 cm³/mol. The summed E-state index contributed by atoms with van der Waals surface area (Å²) in [6.07, 6.45) is 0. The smallest absolute Gasteiger partial charge is 0.273 e. The van der Waals surface area contributed by atoms with Gasteiger partial charge in [0.1, 0.15) is 11.5 Å². The molecule has 11 heteroatoms. The van der Waals surface area contributed by atoms with Crippen molar-refractivity contribution in [2.24, 2.45) is 0 Å². The number of amides is 1. The molecule has 142 valence electrons. The molecule has 0 fully saturated rings. The van der Waals surface area contributed by atoms with Gasteiger partial charge in [-0.25, -0.2) is 0 Å². The van der Waals surface area contributed by atoms with Gasteiger partial charge in [-0.3, -0.25) is 20.2 Å². The quantitative estimate of drug-likeness (QED) is 0.297. The number of hydrogen-bond donors (Lipinski definition) is 3. The fraction of sp³-hybridized carbons (Fsp3) is 0.125. The first-order chi connectivity index (χ1) is 12.7. The Bertz CT molecular complexity index is 899. The lowest BCUT2D eigenvalue weighted by Gasteiger charge is -2.12. The molecule has 0 heterocycles. The molecule has 9 nitrogen and oxygen atoms in total. The maximum Gasteiger partial charge on any atom is 0.273 e. The van der Waals surface area contributed by atoms with E-state index in [0.717, 1.165) is 12.1 Å². The van der Waals surface area contributed by atoms with E-state index in [0.29, 0.717) is 11.5 Å². The molecule has 27 heavy (non-hydrogen) atoms. The number of non-ortho nitro benzene ring substituents is 1. The number of nitro groups is 1. The van der Waals surface area contributed by atoms with Crippen LogP contribution in [0.15, 0.2) is 30.3 Å². The zero-order valence-corrected chi connectivity index (χ0v) is 15.7. The molecule has 1 amide bonds. The van der Waals surface area contributed by atoms with E-state index in [1.165, 1.54) is 26.4 Å². The molecule has 0 spiro atoms. The second-order valence-electron chi connectivity index (χ2n) is 5.09. The topological polar surface area (TPSA) is 123 Å². The summed E-state index contributed by atoms with van der Waals surface area (Å²) < 4.78 is 10.2. The number of phenols is 1. The minimum Gasteiger partial charge on any atom is -0.504 e. The third-order valence-corrected chi connectivity index (χ3v) is 3.84. The average molecular weight is 412 g/mol. The first-order valence-electron chi connectivity index (χ1n) is 7.27. The number of carbonyl (C=O) groups excluding carboxylic acids is 1. The van der Waals surface area contributed by atoms with Crippen LogP contribution in [0.25, 0.3) is 0 Å². The maximum absolute atomic E-state index is 12.4. The Morgan fingerprint density at radius 1 is 1.19 bits per heavy atom. The molecule has 0 saturated heterocycles. The van der Waals surface area contributed by atoms with E-state index in [4.69, 9.17) is 33.3 Å². The maximum atomic E-state index is 12.4. The number of rotatable bonds is 5. The Morgan fingerprint density at radius 2 is 1.78 bits per heavy atom. The van der Waals surface area contributed by atoms with Crippen LogP contribution in [-0.2, 0) is 0 Å². The Balaban J connectivity index is 2.19. The summed E-state index contributed by atoms with van der Waals surface area (Å²) in [6.45, 7) is 0. The van der Waals surface area contributed by atoms with E-state index in [-0.39, 0.29) is 27.1 Å². The fourth-order valence-electron chi connectivity index (χ4n) is 2.05. The van der Waals surface area contributed by atoms with Gasteiger partial charge in [-0.1, -0.05) is 11.6 Å². The first kappa shape index (κ1) is 20.2. The summed E-state index contributed by atoms with van der Waals surface area (Å²) >= 11 is 10.8. The van der Waals surface area contributed by atoms with Gasteiger partial charge in [-0.15, -0.1) is 0 Å². The van der Waals surface area contributed by atoms with Gasteiger partial charge >= 0.3 is 0 Å². The van der Waals surface area contributed by atoms with Gasteiger partial charge in [0, 0.05) is 23.8 Å². The number of nitrogens with zero attached hydrogens (tertiary/aromatic N) is 1. The van der Waals surface area contributed by atoms with Crippen molar-refractivity contribution in [2.45, 2.75) is 0 Å². The highest BCUT2D eigenvalue weighted by molar-refractivity contribution is 7.80. The molecule has 2 aromatic carbocycles. The predicted octanol–water partition coefficient (Wildman–Crippen LogP) is 3.10. The number of nitrogens with one attached hydrogen (secondary N) is 2. The zero-order chi connectivity index (χ0) is 20.1. The van der Waals surface area contributed by atoms with Crippen molar-refractivity contribution in [3.05, 3.63) is 51.0 Å². The number of ether oxygens (including phenoxy) is 2. The van der Waals surface area contributed by atoms with E-state index in [1.54, 1.807) is 6.07 Å². The third-order valence-electron chi connectivity index (χ3n) is 3.35. The van der Waals surface area contributed by atoms with Crippen LogP contribution >= 0.6 is 23.8 Å². The van der Waals surface area contributed by atoms with Crippen LogP contribution in [0.1, 0.15) is 10.4 Å². The standard InChI is InChI=1S/C16H14ClN3O6S/c1-25-10-3-8(4-11(7-10)26-2)15(22)19-16(27)18-13-6-9(20(23)24)5-12(17)14(13)21/h3-7,21H,1-2H3,(H2,18,19,22,27). The number of methoxy groups -OCH3 is 2. The molecule has 3 N–H and O–H groups in total. The van der Waals surface area contributed by atoms with Gasteiger partial charge in [0.05, 0.1) is 29.9 Å². The first-order valence-corrected chi connectivity index (χ1v) is 8.06. The van der Waals surface area contributed by atoms with E-state index in [1.807, 2.05) is 0 Å². The van der Waals surface area contributed by atoms with Crippen molar-refractivity contribution < 1.29 is 24.3 Å². The molecular weight excluding hydrogens is 398 g/mol. The number of thiocarbonyl (C=S) groups is 1. The molecule has 0 aliphatic heterocycles. The Hall–Kier alpha value is -3.11. The lowest BCUT2D eigenvalue weighted by atomic mass is 10.2. The lowest BCUT2D eigenvalue weighted by Crippen LogP contribution is -2.34. The second-order valence-corrected chi connectivity index (χ2v) is 5.91. The van der Waals surface area contributed by atoms with Crippen LogP contribution in [-0.4, -0.2) is 35.3 Å².